The molecule has 0 heterocycles. The molecule has 126 valence electrons. The Kier molecular flexibility index (Phi) is 5.93. The summed E-state index contributed by atoms with van der Waals surface area (Å²) in [5.41, 5.74) is 2.41. The largest absolute Gasteiger partial charge is 0.360 e. The maximum absolute atomic E-state index is 12.3. The second-order valence-electron chi connectivity index (χ2n) is 5.36. The molecule has 0 aliphatic carbocycles. The number of aryl methyl sites for hydroxylation is 1. The van der Waals surface area contributed by atoms with Crippen molar-refractivity contribution in [3.05, 3.63) is 70.4 Å². The fraction of sp³-hybridized carbons (Fsp3) is 0.105. The minimum absolute atomic E-state index is 0.0673. The van der Waals surface area contributed by atoms with Crippen LogP contribution in [0.4, 0.5) is 11.4 Å². The van der Waals surface area contributed by atoms with Gasteiger partial charge in [0.1, 0.15) is 11.6 Å². The van der Waals surface area contributed by atoms with E-state index in [9.17, 15) is 14.9 Å². The highest BCUT2D eigenvalue weighted by molar-refractivity contribution is 6.31. The highest BCUT2D eigenvalue weighted by Crippen LogP contribution is 2.20. The first-order valence-electron chi connectivity index (χ1n) is 7.46. The van der Waals surface area contributed by atoms with Crippen molar-refractivity contribution in [1.29, 1.82) is 5.26 Å². The van der Waals surface area contributed by atoms with Crippen molar-refractivity contribution in [1.82, 2.24) is 0 Å². The summed E-state index contributed by atoms with van der Waals surface area (Å²) in [7, 11) is 0. The summed E-state index contributed by atoms with van der Waals surface area (Å²) in [6.45, 7) is 3.30. The van der Waals surface area contributed by atoms with Crippen molar-refractivity contribution in [2.45, 2.75) is 13.8 Å². The topological polar surface area (TPSA) is 82.0 Å². The van der Waals surface area contributed by atoms with E-state index < -0.39 is 5.91 Å². The number of ketones is 1. The van der Waals surface area contributed by atoms with Crippen molar-refractivity contribution in [2.24, 2.45) is 0 Å². The monoisotopic (exact) mass is 353 g/mol. The van der Waals surface area contributed by atoms with Gasteiger partial charge in [-0.25, -0.2) is 0 Å². The molecular weight excluding hydrogens is 338 g/mol. The van der Waals surface area contributed by atoms with E-state index in [0.29, 0.717) is 22.0 Å². The molecule has 5 nitrogen and oxygen atoms in total. The standard InChI is InChI=1S/C19H16ClN3O2/c1-12-6-7-16(20)9-18(12)23-19(25)15(10-21)11-22-17-5-3-4-14(8-17)13(2)24/h3-9,11,22H,1-2H3,(H,23,25)/b15-11-. The maximum Gasteiger partial charge on any atom is 0.267 e. The lowest BCUT2D eigenvalue weighted by Crippen LogP contribution is -2.15. The summed E-state index contributed by atoms with van der Waals surface area (Å²) < 4.78 is 0. The van der Waals surface area contributed by atoms with E-state index >= 15 is 0 Å². The van der Waals surface area contributed by atoms with Crippen LogP contribution in [0.25, 0.3) is 0 Å². The number of hydrogen-bond acceptors (Lipinski definition) is 4. The molecule has 6 heteroatoms. The van der Waals surface area contributed by atoms with Gasteiger partial charge in [0.05, 0.1) is 0 Å². The molecular formula is C19H16ClN3O2. The molecule has 0 aromatic heterocycles. The first-order chi connectivity index (χ1) is 11.9. The number of carbonyl (C=O) groups is 2. The van der Waals surface area contributed by atoms with Gasteiger partial charge in [-0.1, -0.05) is 29.8 Å². The molecule has 0 spiro atoms. The van der Waals surface area contributed by atoms with Gasteiger partial charge in [-0.05, 0) is 43.7 Å². The molecule has 0 atom stereocenters. The van der Waals surface area contributed by atoms with Crippen molar-refractivity contribution in [3.8, 4) is 6.07 Å². The van der Waals surface area contributed by atoms with Gasteiger partial charge in [-0.2, -0.15) is 5.26 Å². The van der Waals surface area contributed by atoms with E-state index in [4.69, 9.17) is 11.6 Å². The van der Waals surface area contributed by atoms with Crippen LogP contribution >= 0.6 is 11.6 Å². The van der Waals surface area contributed by atoms with E-state index in [1.54, 1.807) is 42.5 Å². The minimum Gasteiger partial charge on any atom is -0.360 e. The van der Waals surface area contributed by atoms with E-state index in [1.807, 2.05) is 13.0 Å². The predicted octanol–water partition coefficient (Wildman–Crippen LogP) is 4.31. The Balaban J connectivity index is 2.15. The third-order valence-electron chi connectivity index (χ3n) is 3.47. The molecule has 0 unspecified atom stereocenters. The van der Waals surface area contributed by atoms with Crippen molar-refractivity contribution >= 4 is 34.7 Å². The third-order valence-corrected chi connectivity index (χ3v) is 3.70. The van der Waals surface area contributed by atoms with Crippen molar-refractivity contribution in [2.75, 3.05) is 10.6 Å². The summed E-state index contributed by atoms with van der Waals surface area (Å²) in [4.78, 5) is 23.7. The van der Waals surface area contributed by atoms with Gasteiger partial charge >= 0.3 is 0 Å². The second kappa shape index (κ2) is 8.13. The summed E-state index contributed by atoms with van der Waals surface area (Å²) in [6.07, 6.45) is 1.30. The zero-order valence-corrected chi connectivity index (χ0v) is 14.5. The molecule has 25 heavy (non-hydrogen) atoms. The van der Waals surface area contributed by atoms with Crippen LogP contribution in [-0.4, -0.2) is 11.7 Å². The van der Waals surface area contributed by atoms with Crippen molar-refractivity contribution < 1.29 is 9.59 Å². The highest BCUT2D eigenvalue weighted by atomic mass is 35.5. The molecule has 0 aliphatic rings. The summed E-state index contributed by atoms with van der Waals surface area (Å²) >= 11 is 5.92. The molecule has 2 aromatic rings. The average Bonchev–Trinajstić information content (AvgIpc) is 2.59. The van der Waals surface area contributed by atoms with Crippen LogP contribution in [0.3, 0.4) is 0 Å². The Morgan fingerprint density at radius 3 is 2.64 bits per heavy atom. The zero-order valence-electron chi connectivity index (χ0n) is 13.8. The number of halogens is 1. The second-order valence-corrected chi connectivity index (χ2v) is 5.80. The number of benzene rings is 2. The number of carbonyl (C=O) groups excluding carboxylic acids is 2. The number of amides is 1. The molecule has 0 aliphatic heterocycles. The van der Waals surface area contributed by atoms with Crippen LogP contribution in [0.1, 0.15) is 22.8 Å². The molecule has 0 fully saturated rings. The fourth-order valence-corrected chi connectivity index (χ4v) is 2.22. The van der Waals surface area contributed by atoms with E-state index in [2.05, 4.69) is 10.6 Å². The van der Waals surface area contributed by atoms with Gasteiger partial charge in [0.15, 0.2) is 5.78 Å². The lowest BCUT2D eigenvalue weighted by Gasteiger charge is -2.08. The summed E-state index contributed by atoms with van der Waals surface area (Å²) in [5.74, 6) is -0.620. The molecule has 2 rings (SSSR count). The first-order valence-corrected chi connectivity index (χ1v) is 7.84. The molecule has 0 bridgehead atoms. The normalized spacial score (nSPS) is 10.7. The van der Waals surface area contributed by atoms with Gasteiger partial charge in [0.25, 0.3) is 5.91 Å². The SMILES string of the molecule is CC(=O)c1cccc(N/C=C(/C#N)C(=O)Nc2cc(Cl)ccc2C)c1. The lowest BCUT2D eigenvalue weighted by molar-refractivity contribution is -0.112. The third kappa shape index (κ3) is 4.93. The Bertz CT molecular complexity index is 898. The Morgan fingerprint density at radius 1 is 1.20 bits per heavy atom. The van der Waals surface area contributed by atoms with Crippen LogP contribution in [0.15, 0.2) is 54.2 Å². The summed E-state index contributed by atoms with van der Waals surface area (Å²) in [5, 5.41) is 15.2. The van der Waals surface area contributed by atoms with Gasteiger partial charge in [-0.3, -0.25) is 9.59 Å². The smallest absolute Gasteiger partial charge is 0.267 e. The number of nitriles is 1. The average molecular weight is 354 g/mol. The Hall–Kier alpha value is -3.10. The van der Waals surface area contributed by atoms with Crippen LogP contribution in [0.2, 0.25) is 5.02 Å². The van der Waals surface area contributed by atoms with Gasteiger partial charge in [-0.15, -0.1) is 0 Å². The Labute approximate surface area is 150 Å². The Morgan fingerprint density at radius 2 is 1.96 bits per heavy atom. The number of rotatable bonds is 5. The minimum atomic E-state index is -0.553. The fourth-order valence-electron chi connectivity index (χ4n) is 2.05. The molecule has 0 saturated carbocycles. The molecule has 1 amide bonds. The van der Waals surface area contributed by atoms with E-state index in [-0.39, 0.29) is 11.4 Å². The lowest BCUT2D eigenvalue weighted by atomic mass is 10.1. The van der Waals surface area contributed by atoms with Crippen LogP contribution in [0.5, 0.6) is 0 Å². The molecule has 2 N–H and O–H groups in total. The highest BCUT2D eigenvalue weighted by Gasteiger charge is 2.11. The van der Waals surface area contributed by atoms with E-state index in [1.165, 1.54) is 13.1 Å². The molecule has 2 aromatic carbocycles. The zero-order chi connectivity index (χ0) is 18.4. The number of Topliss-reactive ketones (excluding diaryl/α,β-unsaturated/α-hetero) is 1. The quantitative estimate of drug-likeness (QED) is 0.476. The first kappa shape index (κ1) is 18.2. The van der Waals surface area contributed by atoms with Gasteiger partial charge in [0.2, 0.25) is 0 Å². The maximum atomic E-state index is 12.3. The molecule has 0 radical (unpaired) electrons. The van der Waals surface area contributed by atoms with Gasteiger partial charge in [0, 0.05) is 28.2 Å². The van der Waals surface area contributed by atoms with Crippen LogP contribution in [-0.2, 0) is 4.79 Å². The number of anilines is 2. The number of nitrogens with zero attached hydrogens (tertiary/aromatic N) is 1. The number of nitrogens with one attached hydrogen (secondary N) is 2. The van der Waals surface area contributed by atoms with E-state index in [0.717, 1.165) is 5.56 Å². The number of hydrogen-bond donors (Lipinski definition) is 2. The predicted molar refractivity (Wildman–Crippen MR) is 98.6 cm³/mol. The van der Waals surface area contributed by atoms with Crippen LogP contribution < -0.4 is 10.6 Å². The van der Waals surface area contributed by atoms with Gasteiger partial charge < -0.3 is 10.6 Å². The summed E-state index contributed by atoms with van der Waals surface area (Å²) in [6, 6.07) is 13.8. The molecule has 0 saturated heterocycles. The van der Waals surface area contributed by atoms with Crippen LogP contribution in [0, 0.1) is 18.3 Å². The van der Waals surface area contributed by atoms with Crippen molar-refractivity contribution in [3.63, 3.8) is 0 Å².